The third-order valence-electron chi connectivity index (χ3n) is 5.65. The van der Waals surface area contributed by atoms with Gasteiger partial charge in [-0.1, -0.05) is 62.2 Å². The fourth-order valence-corrected chi connectivity index (χ4v) is 5.83. The molecular formula is C24H27Cl2N3O5S. The van der Waals surface area contributed by atoms with E-state index >= 15 is 0 Å². The molecule has 8 nitrogen and oxygen atoms in total. The molecule has 2 aromatic rings. The zero-order chi connectivity index (χ0) is 25.9. The molecule has 35 heavy (non-hydrogen) atoms. The molecule has 0 radical (unpaired) electrons. The molecule has 0 spiro atoms. The Morgan fingerprint density at radius 3 is 2.26 bits per heavy atom. The van der Waals surface area contributed by atoms with Crippen LogP contribution in [0, 0.1) is 5.92 Å². The lowest BCUT2D eigenvalue weighted by Crippen LogP contribution is -2.52. The van der Waals surface area contributed by atoms with Crippen molar-refractivity contribution >= 4 is 50.9 Å². The Kier molecular flexibility index (Phi) is 8.46. The van der Waals surface area contributed by atoms with Gasteiger partial charge in [0, 0.05) is 28.7 Å². The summed E-state index contributed by atoms with van der Waals surface area (Å²) in [5, 5.41) is 3.41. The average Bonchev–Trinajstić information content (AvgIpc) is 3.00. The second-order valence-corrected chi connectivity index (χ2v) is 11.2. The molecule has 0 aliphatic carbocycles. The first-order valence-corrected chi connectivity index (χ1v) is 13.3. The van der Waals surface area contributed by atoms with Gasteiger partial charge in [0.15, 0.2) is 0 Å². The lowest BCUT2D eigenvalue weighted by Gasteiger charge is -2.32. The van der Waals surface area contributed by atoms with Gasteiger partial charge in [0.25, 0.3) is 15.9 Å². The van der Waals surface area contributed by atoms with Gasteiger partial charge in [-0.15, -0.1) is 0 Å². The maximum absolute atomic E-state index is 13.6. The van der Waals surface area contributed by atoms with Crippen LogP contribution in [0.25, 0.3) is 0 Å². The molecule has 0 bridgehead atoms. The highest BCUT2D eigenvalue weighted by molar-refractivity contribution is 7.90. The third-order valence-corrected chi connectivity index (χ3v) is 8.15. The molecule has 1 aliphatic rings. The van der Waals surface area contributed by atoms with E-state index in [4.69, 9.17) is 23.2 Å². The first-order valence-electron chi connectivity index (χ1n) is 11.1. The van der Waals surface area contributed by atoms with Crippen molar-refractivity contribution in [3.05, 3.63) is 63.6 Å². The summed E-state index contributed by atoms with van der Waals surface area (Å²) in [6, 6.07) is 9.71. The summed E-state index contributed by atoms with van der Waals surface area (Å²) in [7, 11) is -4.20. The van der Waals surface area contributed by atoms with E-state index in [1.54, 1.807) is 31.2 Å². The van der Waals surface area contributed by atoms with Crippen LogP contribution in [0.2, 0.25) is 10.0 Å². The minimum absolute atomic E-state index is 0.00252. The van der Waals surface area contributed by atoms with Crippen molar-refractivity contribution in [3.63, 3.8) is 0 Å². The second-order valence-electron chi connectivity index (χ2n) is 8.60. The minimum atomic E-state index is -4.20. The number of nitrogens with zero attached hydrogens (tertiary/aromatic N) is 2. The van der Waals surface area contributed by atoms with Crippen LogP contribution in [0.1, 0.15) is 43.1 Å². The van der Waals surface area contributed by atoms with Crippen molar-refractivity contribution < 1.29 is 22.8 Å². The molecule has 1 atom stereocenters. The van der Waals surface area contributed by atoms with E-state index in [9.17, 15) is 22.8 Å². The Labute approximate surface area is 215 Å². The van der Waals surface area contributed by atoms with Crippen LogP contribution in [-0.2, 0) is 26.2 Å². The fourth-order valence-electron chi connectivity index (χ4n) is 3.80. The molecular weight excluding hydrogens is 513 g/mol. The number of carbonyl (C=O) groups excluding carboxylic acids is 3. The Morgan fingerprint density at radius 1 is 1.06 bits per heavy atom. The minimum Gasteiger partial charge on any atom is -0.354 e. The zero-order valence-corrected chi connectivity index (χ0v) is 22.0. The number of amides is 3. The summed E-state index contributed by atoms with van der Waals surface area (Å²) in [6.07, 6.45) is 0.249. The van der Waals surface area contributed by atoms with Gasteiger partial charge < -0.3 is 10.2 Å². The lowest BCUT2D eigenvalue weighted by molar-refractivity contribution is -0.141. The number of sulfonamides is 1. The molecule has 0 saturated carbocycles. The molecule has 3 amide bonds. The Bertz CT molecular complexity index is 1230. The number of hydrogen-bond acceptors (Lipinski definition) is 5. The Balaban J connectivity index is 1.96. The first-order chi connectivity index (χ1) is 16.5. The summed E-state index contributed by atoms with van der Waals surface area (Å²) in [5.74, 6) is -1.72. The SMILES string of the molecule is CC[C@@H](C(=O)NCC(C)C)N(Cc1c(Cl)cccc1Cl)C(=O)CN1C(=O)c2ccccc2S1(=O)=O. The van der Waals surface area contributed by atoms with Crippen LogP contribution in [0.15, 0.2) is 47.4 Å². The summed E-state index contributed by atoms with van der Waals surface area (Å²) >= 11 is 12.6. The molecule has 0 unspecified atom stereocenters. The number of rotatable bonds is 9. The third kappa shape index (κ3) is 5.63. The van der Waals surface area contributed by atoms with Crippen molar-refractivity contribution in [2.75, 3.05) is 13.1 Å². The number of benzene rings is 2. The van der Waals surface area contributed by atoms with E-state index in [1.807, 2.05) is 13.8 Å². The topological polar surface area (TPSA) is 104 Å². The number of fused-ring (bicyclic) bond motifs is 1. The van der Waals surface area contributed by atoms with Crippen molar-refractivity contribution in [1.82, 2.24) is 14.5 Å². The molecule has 0 saturated heterocycles. The van der Waals surface area contributed by atoms with Gasteiger partial charge in [0.2, 0.25) is 11.8 Å². The van der Waals surface area contributed by atoms with E-state index in [2.05, 4.69) is 5.32 Å². The van der Waals surface area contributed by atoms with E-state index in [0.29, 0.717) is 26.5 Å². The zero-order valence-electron chi connectivity index (χ0n) is 19.6. The first kappa shape index (κ1) is 27.0. The maximum Gasteiger partial charge on any atom is 0.269 e. The molecule has 1 heterocycles. The Hall–Kier alpha value is -2.62. The average molecular weight is 540 g/mol. The van der Waals surface area contributed by atoms with Crippen molar-refractivity contribution in [2.45, 2.75) is 44.7 Å². The van der Waals surface area contributed by atoms with Crippen LogP contribution in [0.3, 0.4) is 0 Å². The number of halogens is 2. The molecule has 1 N–H and O–H groups in total. The van der Waals surface area contributed by atoms with E-state index < -0.39 is 40.3 Å². The molecule has 188 valence electrons. The smallest absolute Gasteiger partial charge is 0.269 e. The summed E-state index contributed by atoms with van der Waals surface area (Å²) < 4.78 is 26.5. The number of carbonyl (C=O) groups is 3. The monoisotopic (exact) mass is 539 g/mol. The number of nitrogens with one attached hydrogen (secondary N) is 1. The quantitative estimate of drug-likeness (QED) is 0.522. The van der Waals surface area contributed by atoms with Crippen LogP contribution in [-0.4, -0.2) is 54.5 Å². The largest absolute Gasteiger partial charge is 0.354 e. The molecule has 2 aromatic carbocycles. The summed E-state index contributed by atoms with van der Waals surface area (Å²) in [6.45, 7) is 5.12. The van der Waals surface area contributed by atoms with Gasteiger partial charge in [-0.2, -0.15) is 0 Å². The van der Waals surface area contributed by atoms with E-state index in [0.717, 1.165) is 0 Å². The molecule has 3 rings (SSSR count). The fraction of sp³-hybridized carbons (Fsp3) is 0.375. The summed E-state index contributed by atoms with van der Waals surface area (Å²) in [5.41, 5.74) is 0.418. The van der Waals surface area contributed by atoms with E-state index in [-0.39, 0.29) is 29.3 Å². The van der Waals surface area contributed by atoms with Crippen molar-refractivity contribution in [1.29, 1.82) is 0 Å². The molecule has 11 heteroatoms. The van der Waals surface area contributed by atoms with Gasteiger partial charge in [-0.05, 0) is 36.6 Å². The second kappa shape index (κ2) is 11.0. The van der Waals surface area contributed by atoms with Crippen LogP contribution >= 0.6 is 23.2 Å². The normalized spacial score (nSPS) is 15.1. The van der Waals surface area contributed by atoms with Crippen LogP contribution < -0.4 is 5.32 Å². The van der Waals surface area contributed by atoms with Gasteiger partial charge in [0.05, 0.1) is 5.56 Å². The van der Waals surface area contributed by atoms with Gasteiger partial charge in [-0.25, -0.2) is 12.7 Å². The predicted molar refractivity (Wildman–Crippen MR) is 134 cm³/mol. The van der Waals surface area contributed by atoms with Crippen LogP contribution in [0.4, 0.5) is 0 Å². The highest BCUT2D eigenvalue weighted by Gasteiger charge is 2.43. The maximum atomic E-state index is 13.6. The van der Waals surface area contributed by atoms with Gasteiger partial charge >= 0.3 is 0 Å². The molecule has 0 aromatic heterocycles. The highest BCUT2D eigenvalue weighted by Crippen LogP contribution is 2.31. The van der Waals surface area contributed by atoms with Gasteiger partial charge in [-0.3, -0.25) is 14.4 Å². The molecule has 1 aliphatic heterocycles. The Morgan fingerprint density at radius 2 is 1.69 bits per heavy atom. The van der Waals surface area contributed by atoms with Crippen molar-refractivity contribution in [3.8, 4) is 0 Å². The van der Waals surface area contributed by atoms with Crippen LogP contribution in [0.5, 0.6) is 0 Å². The predicted octanol–water partition coefficient (Wildman–Crippen LogP) is 3.72. The summed E-state index contributed by atoms with van der Waals surface area (Å²) in [4.78, 5) is 40.5. The van der Waals surface area contributed by atoms with Crippen molar-refractivity contribution in [2.24, 2.45) is 5.92 Å². The lowest BCUT2D eigenvalue weighted by atomic mass is 10.1. The van der Waals surface area contributed by atoms with E-state index in [1.165, 1.54) is 23.1 Å². The highest BCUT2D eigenvalue weighted by atomic mass is 35.5. The van der Waals surface area contributed by atoms with Gasteiger partial charge in [0.1, 0.15) is 17.5 Å². The number of hydrogen-bond donors (Lipinski definition) is 1. The standard InChI is InChI=1S/C24H27Cl2N3O5S/c1-4-20(23(31)27-12-15(2)3)28(13-17-18(25)9-7-10-19(17)26)22(30)14-29-24(32)16-8-5-6-11-21(16)35(29,33)34/h5-11,15,20H,4,12-14H2,1-3H3,(H,27,31)/t20-/m0/s1. The molecule has 0 fully saturated rings.